The van der Waals surface area contributed by atoms with Crippen molar-refractivity contribution in [3.05, 3.63) is 58.7 Å². The molecular weight excluding hydrogens is 484 g/mol. The first-order chi connectivity index (χ1) is 18.3. The summed E-state index contributed by atoms with van der Waals surface area (Å²) >= 11 is 0. The third-order valence-electron chi connectivity index (χ3n) is 6.82. The molecule has 7 heteroatoms. The Morgan fingerprint density at radius 3 is 2.47 bits per heavy atom. The number of rotatable bonds is 4. The van der Waals surface area contributed by atoms with E-state index in [1.807, 2.05) is 57.2 Å². The minimum atomic E-state index is -0.503. The molecule has 0 amide bonds. The van der Waals surface area contributed by atoms with Crippen LogP contribution in [0.4, 0.5) is 0 Å². The molecule has 2 aromatic carbocycles. The first-order valence-corrected chi connectivity index (χ1v) is 13.4. The molecule has 2 atom stereocenters. The number of esters is 2. The number of ether oxygens (including phenoxy) is 4. The highest BCUT2D eigenvalue weighted by Crippen LogP contribution is 2.47. The zero-order valence-electron chi connectivity index (χ0n) is 22.6. The molecular formula is C31H36O7. The number of carbonyl (C=O) groups is 3. The lowest BCUT2D eigenvalue weighted by Gasteiger charge is -2.29. The molecule has 0 bridgehead atoms. The van der Waals surface area contributed by atoms with Crippen molar-refractivity contribution in [1.82, 2.24) is 0 Å². The van der Waals surface area contributed by atoms with Crippen molar-refractivity contribution >= 4 is 23.8 Å². The molecule has 2 aliphatic rings. The van der Waals surface area contributed by atoms with E-state index in [4.69, 9.17) is 18.9 Å². The summed E-state index contributed by atoms with van der Waals surface area (Å²) in [5.74, 6) is 0.457. The summed E-state index contributed by atoms with van der Waals surface area (Å²) < 4.78 is 23.1. The van der Waals surface area contributed by atoms with Crippen LogP contribution in [0.1, 0.15) is 98.7 Å². The molecule has 4 rings (SSSR count). The molecule has 2 heterocycles. The number of allylic oxidation sites excluding steroid dienone is 1. The molecule has 0 saturated carbocycles. The Labute approximate surface area is 224 Å². The zero-order chi connectivity index (χ0) is 27.2. The second kappa shape index (κ2) is 12.3. The van der Waals surface area contributed by atoms with Crippen LogP contribution in [0.25, 0.3) is 6.08 Å². The van der Waals surface area contributed by atoms with Gasteiger partial charge in [-0.2, -0.15) is 0 Å². The molecule has 202 valence electrons. The van der Waals surface area contributed by atoms with Gasteiger partial charge in [0.2, 0.25) is 0 Å². The number of hydrogen-bond acceptors (Lipinski definition) is 7. The molecule has 2 aliphatic heterocycles. The molecule has 0 aromatic heterocycles. The predicted octanol–water partition coefficient (Wildman–Crippen LogP) is 6.41. The molecule has 38 heavy (non-hydrogen) atoms. The molecule has 7 nitrogen and oxygen atoms in total. The summed E-state index contributed by atoms with van der Waals surface area (Å²) in [6.07, 6.45) is 7.25. The lowest BCUT2D eigenvalue weighted by molar-refractivity contribution is -0.135. The molecule has 0 N–H and O–H groups in total. The van der Waals surface area contributed by atoms with Crippen molar-refractivity contribution in [2.24, 2.45) is 0 Å². The van der Waals surface area contributed by atoms with Crippen molar-refractivity contribution in [3.63, 3.8) is 0 Å². The Hall–Kier alpha value is -3.61. The third-order valence-corrected chi connectivity index (χ3v) is 6.82. The van der Waals surface area contributed by atoms with Crippen LogP contribution in [0.3, 0.4) is 0 Å². The molecule has 0 fully saturated rings. The average molecular weight is 521 g/mol. The average Bonchev–Trinajstić information content (AvgIpc) is 2.86. The zero-order valence-corrected chi connectivity index (χ0v) is 22.6. The largest absolute Gasteiger partial charge is 0.495 e. The van der Waals surface area contributed by atoms with E-state index in [0.29, 0.717) is 60.3 Å². The number of cyclic esters (lactones) is 1. The van der Waals surface area contributed by atoms with Gasteiger partial charge in [-0.05, 0) is 75.8 Å². The quantitative estimate of drug-likeness (QED) is 0.340. The lowest BCUT2D eigenvalue weighted by Crippen LogP contribution is -2.24. The van der Waals surface area contributed by atoms with Gasteiger partial charge in [-0.1, -0.05) is 24.3 Å². The van der Waals surface area contributed by atoms with Crippen molar-refractivity contribution < 1.29 is 33.3 Å². The first kappa shape index (κ1) is 27.4. The maximum atomic E-state index is 13.5. The Balaban J connectivity index is 1.80. The van der Waals surface area contributed by atoms with Gasteiger partial charge >= 0.3 is 11.9 Å². The van der Waals surface area contributed by atoms with Gasteiger partial charge in [0.15, 0.2) is 0 Å². The molecule has 0 spiro atoms. The second-order valence-corrected chi connectivity index (χ2v) is 10.2. The van der Waals surface area contributed by atoms with Gasteiger partial charge in [0.05, 0.1) is 25.7 Å². The Morgan fingerprint density at radius 1 is 1.03 bits per heavy atom. The van der Waals surface area contributed by atoms with Crippen LogP contribution in [0.5, 0.6) is 17.2 Å². The van der Waals surface area contributed by atoms with E-state index in [9.17, 15) is 14.4 Å². The third kappa shape index (κ3) is 6.44. The van der Waals surface area contributed by atoms with E-state index in [1.165, 1.54) is 7.11 Å². The van der Waals surface area contributed by atoms with Gasteiger partial charge in [0.25, 0.3) is 0 Å². The summed E-state index contributed by atoms with van der Waals surface area (Å²) in [7, 11) is 1.51. The summed E-state index contributed by atoms with van der Waals surface area (Å²) in [5.41, 5.74) is 2.40. The van der Waals surface area contributed by atoms with Crippen molar-refractivity contribution in [3.8, 4) is 17.2 Å². The maximum Gasteiger partial charge on any atom is 0.342 e. The van der Waals surface area contributed by atoms with Gasteiger partial charge in [0.1, 0.15) is 28.6 Å². The van der Waals surface area contributed by atoms with E-state index < -0.39 is 5.97 Å². The van der Waals surface area contributed by atoms with Crippen molar-refractivity contribution in [2.45, 2.75) is 83.8 Å². The van der Waals surface area contributed by atoms with Crippen LogP contribution in [0.2, 0.25) is 0 Å². The SMILES string of the molecule is COc1c2c(cc3c1C(c1ccc(OC(C)C)cc1)CC(=O)O3)/C=C/CCCC(=O)CCC[C@H](C)OC2=O. The highest BCUT2D eigenvalue weighted by molar-refractivity contribution is 5.99. The minimum absolute atomic E-state index is 0.0447. The van der Waals surface area contributed by atoms with Crippen molar-refractivity contribution in [2.75, 3.05) is 7.11 Å². The topological polar surface area (TPSA) is 88.1 Å². The van der Waals surface area contributed by atoms with E-state index in [-0.39, 0.29) is 36.3 Å². The minimum Gasteiger partial charge on any atom is -0.495 e. The van der Waals surface area contributed by atoms with E-state index in [2.05, 4.69) is 0 Å². The number of methoxy groups -OCH3 is 1. The highest BCUT2D eigenvalue weighted by atomic mass is 16.5. The summed E-state index contributed by atoms with van der Waals surface area (Å²) in [6.45, 7) is 5.76. The number of fused-ring (bicyclic) bond motifs is 2. The van der Waals surface area contributed by atoms with E-state index >= 15 is 0 Å². The van der Waals surface area contributed by atoms with Gasteiger partial charge < -0.3 is 18.9 Å². The number of carbonyl (C=O) groups excluding carboxylic acids is 3. The number of hydrogen-bond donors (Lipinski definition) is 0. The first-order valence-electron chi connectivity index (χ1n) is 13.4. The smallest absolute Gasteiger partial charge is 0.342 e. The number of Topliss-reactive ketones (excluding diaryl/α,β-unsaturated/α-hetero) is 1. The van der Waals surface area contributed by atoms with E-state index in [1.54, 1.807) is 6.07 Å². The fourth-order valence-corrected chi connectivity index (χ4v) is 5.05. The summed E-state index contributed by atoms with van der Waals surface area (Å²) in [6, 6.07) is 9.33. The maximum absolute atomic E-state index is 13.5. The standard InChI is InChI=1S/C31H36O7/c1-19(2)36-24-15-13-21(14-16-24)25-18-27(33)38-26-17-22-10-6-5-7-11-23(32)12-8-9-20(3)37-31(34)28(22)30(35-4)29(25)26/h6,10,13-17,19-20,25H,5,7-9,11-12,18H2,1-4H3/b10-6+/t20-,25?/m0/s1. The monoisotopic (exact) mass is 520 g/mol. The van der Waals surface area contributed by atoms with Crippen LogP contribution in [-0.2, 0) is 14.3 Å². The van der Waals surface area contributed by atoms with E-state index in [0.717, 1.165) is 17.7 Å². The Morgan fingerprint density at radius 2 is 1.76 bits per heavy atom. The number of ketones is 1. The van der Waals surface area contributed by atoms with Crippen LogP contribution in [0, 0.1) is 0 Å². The van der Waals surface area contributed by atoms with Crippen molar-refractivity contribution in [1.29, 1.82) is 0 Å². The van der Waals surface area contributed by atoms with Crippen LogP contribution in [-0.4, -0.2) is 37.0 Å². The van der Waals surface area contributed by atoms with Crippen LogP contribution in [0.15, 0.2) is 36.4 Å². The van der Waals surface area contributed by atoms with Crippen LogP contribution >= 0.6 is 0 Å². The molecule has 0 aliphatic carbocycles. The second-order valence-electron chi connectivity index (χ2n) is 10.2. The predicted molar refractivity (Wildman–Crippen MR) is 144 cm³/mol. The highest BCUT2D eigenvalue weighted by Gasteiger charge is 2.36. The molecule has 0 saturated heterocycles. The molecule has 1 unspecified atom stereocenters. The van der Waals surface area contributed by atoms with Gasteiger partial charge in [-0.15, -0.1) is 0 Å². The molecule has 0 radical (unpaired) electrons. The van der Waals surface area contributed by atoms with Crippen LogP contribution < -0.4 is 14.2 Å². The molecule has 2 aromatic rings. The number of benzene rings is 2. The Kier molecular flexibility index (Phi) is 8.87. The van der Waals surface area contributed by atoms with Gasteiger partial charge in [-0.3, -0.25) is 9.59 Å². The summed E-state index contributed by atoms with van der Waals surface area (Å²) in [4.78, 5) is 38.3. The normalized spacial score (nSPS) is 21.4. The fourth-order valence-electron chi connectivity index (χ4n) is 5.05. The lowest BCUT2D eigenvalue weighted by atomic mass is 9.83. The summed E-state index contributed by atoms with van der Waals surface area (Å²) in [5, 5.41) is 0. The van der Waals surface area contributed by atoms with Gasteiger partial charge in [0, 0.05) is 24.3 Å². The fraction of sp³-hybridized carbons (Fsp3) is 0.452. The van der Waals surface area contributed by atoms with Gasteiger partial charge in [-0.25, -0.2) is 4.79 Å². The Bertz CT molecular complexity index is 1210.